The van der Waals surface area contributed by atoms with Crippen molar-refractivity contribution < 1.29 is 28.9 Å². The van der Waals surface area contributed by atoms with Gasteiger partial charge in [-0.05, 0) is 43.2 Å². The molecule has 9 nitrogen and oxygen atoms in total. The van der Waals surface area contributed by atoms with Gasteiger partial charge in [-0.2, -0.15) is 0 Å². The summed E-state index contributed by atoms with van der Waals surface area (Å²) in [4.78, 5) is 16.3. The smallest absolute Gasteiger partial charge is 0.255 e. The lowest BCUT2D eigenvalue weighted by Crippen LogP contribution is -2.22. The third-order valence-corrected chi connectivity index (χ3v) is 6.04. The summed E-state index contributed by atoms with van der Waals surface area (Å²) in [7, 11) is 0. The normalized spacial score (nSPS) is 12.7. The molecule has 0 radical (unpaired) electrons. The van der Waals surface area contributed by atoms with Crippen LogP contribution in [0.1, 0.15) is 11.1 Å². The molecule has 1 aliphatic heterocycles. The highest BCUT2D eigenvalue weighted by Gasteiger charge is 2.29. The Hall–Kier alpha value is -4.15. The van der Waals surface area contributed by atoms with Crippen LogP contribution in [0.25, 0.3) is 28.2 Å². The van der Waals surface area contributed by atoms with Gasteiger partial charge in [0.05, 0.1) is 18.0 Å². The average Bonchev–Trinajstić information content (AvgIpc) is 3.21. The number of anilines is 2. The average molecular weight is 493 g/mol. The molecule has 2 aromatic carbocycles. The van der Waals surface area contributed by atoms with Crippen LogP contribution in [-0.2, 0) is 4.79 Å². The molecule has 0 saturated carbocycles. The third-order valence-electron chi connectivity index (χ3n) is 6.04. The van der Waals surface area contributed by atoms with Gasteiger partial charge in [-0.15, -0.1) is 0 Å². The van der Waals surface area contributed by atoms with E-state index < -0.39 is 18.6 Å². The number of nitrogens with zero attached hydrogens (tertiary/aromatic N) is 2. The van der Waals surface area contributed by atoms with Crippen molar-refractivity contribution in [3.63, 3.8) is 0 Å². The molecule has 3 heterocycles. The van der Waals surface area contributed by atoms with Crippen LogP contribution in [0.2, 0.25) is 0 Å². The zero-order valence-electron chi connectivity index (χ0n) is 19.7. The number of ether oxygens (including phenoxy) is 2. The van der Waals surface area contributed by atoms with Crippen molar-refractivity contribution in [3.05, 3.63) is 59.4 Å². The van der Waals surface area contributed by atoms with E-state index in [1.165, 1.54) is 6.07 Å². The van der Waals surface area contributed by atoms with E-state index in [1.807, 2.05) is 32.0 Å². The van der Waals surface area contributed by atoms with Crippen LogP contribution in [0.15, 0.2) is 42.5 Å². The SMILES string of the molecule is Cc1cccc2c1Nc1c(-c3c(C)cc(OCC(O)CO)cc3OCC(N)=O)nc3ccc(F)c-2n13. The number of aliphatic hydroxyl groups excluding tert-OH is 2. The summed E-state index contributed by atoms with van der Waals surface area (Å²) in [6.45, 7) is 2.80. The zero-order valence-corrected chi connectivity index (χ0v) is 19.7. The van der Waals surface area contributed by atoms with Crippen molar-refractivity contribution in [2.75, 3.05) is 25.1 Å². The predicted octanol–water partition coefficient (Wildman–Crippen LogP) is 3.08. The summed E-state index contributed by atoms with van der Waals surface area (Å²) < 4.78 is 28.2. The summed E-state index contributed by atoms with van der Waals surface area (Å²) in [5, 5.41) is 22.2. The monoisotopic (exact) mass is 492 g/mol. The molecule has 1 amide bonds. The van der Waals surface area contributed by atoms with Gasteiger partial charge in [-0.1, -0.05) is 18.2 Å². The number of benzene rings is 2. The molecule has 0 spiro atoms. The summed E-state index contributed by atoms with van der Waals surface area (Å²) in [6.07, 6.45) is -1.05. The highest BCUT2D eigenvalue weighted by molar-refractivity contribution is 5.94. The molecule has 5 N–H and O–H groups in total. The highest BCUT2D eigenvalue weighted by atomic mass is 19.1. The van der Waals surface area contributed by atoms with Crippen LogP contribution in [-0.4, -0.2) is 51.4 Å². The zero-order chi connectivity index (χ0) is 25.6. The number of carbonyl (C=O) groups excluding carboxylic acids is 1. The fourth-order valence-electron chi connectivity index (χ4n) is 4.42. The second kappa shape index (κ2) is 9.14. The summed E-state index contributed by atoms with van der Waals surface area (Å²) in [5.41, 5.74) is 10.5. The molecule has 5 rings (SSSR count). The topological polar surface area (TPSA) is 131 Å². The van der Waals surface area contributed by atoms with Gasteiger partial charge in [0.25, 0.3) is 5.91 Å². The van der Waals surface area contributed by atoms with Crippen LogP contribution in [0.4, 0.5) is 15.9 Å². The molecule has 0 fully saturated rings. The van der Waals surface area contributed by atoms with Gasteiger partial charge in [-0.25, -0.2) is 9.37 Å². The molecule has 1 unspecified atom stereocenters. The summed E-state index contributed by atoms with van der Waals surface area (Å²) >= 11 is 0. The maximum Gasteiger partial charge on any atom is 0.255 e. The van der Waals surface area contributed by atoms with E-state index in [0.717, 1.165) is 16.8 Å². The maximum atomic E-state index is 15.1. The fourth-order valence-corrected chi connectivity index (χ4v) is 4.42. The van der Waals surface area contributed by atoms with Crippen molar-refractivity contribution in [2.24, 2.45) is 5.73 Å². The number of fused-ring (bicyclic) bond motifs is 2. The minimum atomic E-state index is -1.05. The number of nitrogens with one attached hydrogen (secondary N) is 1. The first-order chi connectivity index (χ1) is 17.3. The molecule has 0 saturated heterocycles. The number of hydrogen-bond donors (Lipinski definition) is 4. The molecule has 0 aliphatic carbocycles. The Labute approximate surface area is 205 Å². The van der Waals surface area contributed by atoms with E-state index in [9.17, 15) is 9.90 Å². The van der Waals surface area contributed by atoms with Crippen LogP contribution in [0.3, 0.4) is 0 Å². The summed E-state index contributed by atoms with van der Waals surface area (Å²) in [6, 6.07) is 12.0. The molecular formula is C26H25FN4O5. The number of para-hydroxylation sites is 1. The molecule has 36 heavy (non-hydrogen) atoms. The number of pyridine rings is 1. The van der Waals surface area contributed by atoms with Crippen LogP contribution in [0, 0.1) is 19.7 Å². The van der Waals surface area contributed by atoms with Gasteiger partial charge in [-0.3, -0.25) is 9.20 Å². The van der Waals surface area contributed by atoms with Gasteiger partial charge < -0.3 is 30.7 Å². The third kappa shape index (κ3) is 4.00. The van der Waals surface area contributed by atoms with Crippen LogP contribution >= 0.6 is 0 Å². The Balaban J connectivity index is 1.71. The molecular weight excluding hydrogens is 467 g/mol. The molecule has 10 heteroatoms. The second-order valence-electron chi connectivity index (χ2n) is 8.67. The number of aryl methyl sites for hydroxylation is 2. The second-order valence-corrected chi connectivity index (χ2v) is 8.67. The van der Waals surface area contributed by atoms with E-state index in [-0.39, 0.29) is 24.8 Å². The Morgan fingerprint density at radius 3 is 2.75 bits per heavy atom. The number of rotatable bonds is 8. The Morgan fingerprint density at radius 1 is 1.19 bits per heavy atom. The molecule has 1 aliphatic rings. The lowest BCUT2D eigenvalue weighted by molar-refractivity contribution is -0.119. The van der Waals surface area contributed by atoms with Crippen LogP contribution < -0.4 is 20.5 Å². The van der Waals surface area contributed by atoms with Gasteiger partial charge in [0.15, 0.2) is 6.61 Å². The Bertz CT molecular complexity index is 1500. The molecule has 1 atom stereocenters. The van der Waals surface area contributed by atoms with Crippen LogP contribution in [0.5, 0.6) is 11.5 Å². The fraction of sp³-hybridized carbons (Fsp3) is 0.231. The van der Waals surface area contributed by atoms with Gasteiger partial charge in [0.2, 0.25) is 0 Å². The van der Waals surface area contributed by atoms with Crippen molar-refractivity contribution >= 4 is 23.1 Å². The number of nitrogens with two attached hydrogens (primary N) is 1. The number of aromatic nitrogens is 2. The van der Waals surface area contributed by atoms with E-state index in [4.69, 9.17) is 25.3 Å². The Kier molecular flexibility index (Phi) is 5.99. The minimum absolute atomic E-state index is 0.135. The first kappa shape index (κ1) is 23.6. The quantitative estimate of drug-likeness (QED) is 0.262. The van der Waals surface area contributed by atoms with E-state index >= 15 is 4.39 Å². The largest absolute Gasteiger partial charge is 0.491 e. The van der Waals surface area contributed by atoms with Gasteiger partial charge >= 0.3 is 0 Å². The number of halogens is 1. The number of amides is 1. The predicted molar refractivity (Wildman–Crippen MR) is 132 cm³/mol. The minimum Gasteiger partial charge on any atom is -0.491 e. The lowest BCUT2D eigenvalue weighted by atomic mass is 10.0. The van der Waals surface area contributed by atoms with Crippen molar-refractivity contribution in [1.29, 1.82) is 0 Å². The first-order valence-corrected chi connectivity index (χ1v) is 11.3. The summed E-state index contributed by atoms with van der Waals surface area (Å²) in [5.74, 6) is 0.152. The number of hydrogen-bond acceptors (Lipinski definition) is 7. The van der Waals surface area contributed by atoms with Crippen molar-refractivity contribution in [1.82, 2.24) is 9.38 Å². The van der Waals surface area contributed by atoms with E-state index in [1.54, 1.807) is 22.6 Å². The highest BCUT2D eigenvalue weighted by Crippen LogP contribution is 2.47. The number of primary amides is 1. The Morgan fingerprint density at radius 2 is 2.00 bits per heavy atom. The van der Waals surface area contributed by atoms with Gasteiger partial charge in [0, 0.05) is 17.2 Å². The number of carbonyl (C=O) groups is 1. The number of imidazole rings is 1. The molecule has 4 aromatic rings. The first-order valence-electron chi connectivity index (χ1n) is 11.3. The van der Waals surface area contributed by atoms with E-state index in [0.29, 0.717) is 39.7 Å². The van der Waals surface area contributed by atoms with Gasteiger partial charge in [0.1, 0.15) is 47.2 Å². The molecule has 2 aromatic heterocycles. The van der Waals surface area contributed by atoms with Crippen molar-refractivity contribution in [3.8, 4) is 34.0 Å². The lowest BCUT2D eigenvalue weighted by Gasteiger charge is -2.23. The maximum absolute atomic E-state index is 15.1. The molecule has 0 bridgehead atoms. The number of aliphatic hydroxyl groups is 2. The molecule has 186 valence electrons. The standard InChI is InChI=1S/C26H25FN4O5/c1-13-4-3-5-17-23(13)30-26-24(29-21-7-6-18(27)25(17)31(21)26)22-14(2)8-16(35-11-15(33)10-32)9-19(22)36-12-20(28)34/h3-9,15,30,32-33H,10-12H2,1-2H3,(H2,28,34). The van der Waals surface area contributed by atoms with Crippen molar-refractivity contribution in [2.45, 2.75) is 20.0 Å². The van der Waals surface area contributed by atoms with E-state index in [2.05, 4.69) is 5.32 Å².